The molecule has 0 spiro atoms. The largest absolute Gasteiger partial charge is 0.393 e. The van der Waals surface area contributed by atoms with Gasteiger partial charge in [0.25, 0.3) is 11.5 Å². The molecule has 2 N–H and O–H groups in total. The van der Waals surface area contributed by atoms with Crippen LogP contribution in [0.15, 0.2) is 45.7 Å². The van der Waals surface area contributed by atoms with Crippen LogP contribution in [0, 0.1) is 6.92 Å². The maximum Gasteiger partial charge on any atom is 0.267 e. The van der Waals surface area contributed by atoms with E-state index in [0.717, 1.165) is 33.0 Å². The third-order valence-corrected chi connectivity index (χ3v) is 4.91. The first-order chi connectivity index (χ1) is 14.7. The van der Waals surface area contributed by atoms with Crippen molar-refractivity contribution in [2.24, 2.45) is 7.05 Å². The number of rotatable bonds is 6. The molecule has 0 saturated heterocycles. The van der Waals surface area contributed by atoms with Crippen molar-refractivity contribution in [3.8, 4) is 11.1 Å². The molecule has 31 heavy (non-hydrogen) atoms. The minimum atomic E-state index is -0.565. The van der Waals surface area contributed by atoms with Gasteiger partial charge in [-0.3, -0.25) is 4.79 Å². The van der Waals surface area contributed by atoms with Gasteiger partial charge in [0, 0.05) is 18.3 Å². The molecule has 0 radical (unpaired) electrons. The number of hydrogen-bond acceptors (Lipinski definition) is 6. The number of aliphatic hydroxyl groups is 1. The summed E-state index contributed by atoms with van der Waals surface area (Å²) in [4.78, 5) is 17.4. The molecule has 1 atom stereocenters. The normalized spacial score (nSPS) is 13.5. The number of aryl methyl sites for hydroxylation is 1. The summed E-state index contributed by atoms with van der Waals surface area (Å²) in [6.45, 7) is 11.4. The molecule has 0 aliphatic carbocycles. The maximum atomic E-state index is 13.2. The van der Waals surface area contributed by atoms with Crippen molar-refractivity contribution in [1.82, 2.24) is 14.7 Å². The lowest BCUT2D eigenvalue weighted by molar-refractivity contribution is 0.181. The van der Waals surface area contributed by atoms with Crippen molar-refractivity contribution in [2.75, 3.05) is 5.32 Å². The van der Waals surface area contributed by atoms with Crippen molar-refractivity contribution in [2.45, 2.75) is 40.2 Å². The third-order valence-electron chi connectivity index (χ3n) is 4.91. The Balaban J connectivity index is 2.07. The number of aromatic nitrogens is 3. The Hall–Kier alpha value is -3.45. The molecule has 7 heteroatoms. The number of benzene rings is 1. The molecule has 0 fully saturated rings. The zero-order valence-corrected chi connectivity index (χ0v) is 18.6. The van der Waals surface area contributed by atoms with E-state index >= 15 is 0 Å². The molecule has 3 rings (SSSR count). The molecule has 1 aromatic carbocycles. The molecule has 0 aliphatic rings. The Labute approximate surface area is 181 Å². The van der Waals surface area contributed by atoms with Crippen LogP contribution >= 0.6 is 0 Å². The van der Waals surface area contributed by atoms with E-state index in [1.54, 1.807) is 18.5 Å². The van der Waals surface area contributed by atoms with Crippen molar-refractivity contribution in [3.05, 3.63) is 68.8 Å². The summed E-state index contributed by atoms with van der Waals surface area (Å²) in [5.74, 6) is 0.651. The SMILES string of the molecule is C=C(C)/C=c1\c(=C/C)cc(-c2cc(Nc3noc(CC(C)O)n3)ccc2C)c(=O)n1C. The van der Waals surface area contributed by atoms with Gasteiger partial charge in [0.05, 0.1) is 17.9 Å². The summed E-state index contributed by atoms with van der Waals surface area (Å²) in [7, 11) is 1.77. The maximum absolute atomic E-state index is 13.2. The Morgan fingerprint density at radius 3 is 2.74 bits per heavy atom. The van der Waals surface area contributed by atoms with Crippen molar-refractivity contribution < 1.29 is 9.63 Å². The second kappa shape index (κ2) is 9.14. The second-order valence-electron chi connectivity index (χ2n) is 7.76. The van der Waals surface area contributed by atoms with Gasteiger partial charge in [0.15, 0.2) is 0 Å². The summed E-state index contributed by atoms with van der Waals surface area (Å²) in [5, 5.41) is 18.3. The molecule has 0 saturated carbocycles. The Kier molecular flexibility index (Phi) is 6.56. The van der Waals surface area contributed by atoms with Gasteiger partial charge in [-0.1, -0.05) is 24.3 Å². The topological polar surface area (TPSA) is 93.2 Å². The number of anilines is 2. The molecule has 2 heterocycles. The predicted molar refractivity (Wildman–Crippen MR) is 123 cm³/mol. The van der Waals surface area contributed by atoms with Crippen LogP contribution in [0.2, 0.25) is 0 Å². The lowest BCUT2D eigenvalue weighted by Gasteiger charge is -2.11. The van der Waals surface area contributed by atoms with Crippen molar-refractivity contribution in [3.63, 3.8) is 0 Å². The number of nitrogens with zero attached hydrogens (tertiary/aromatic N) is 3. The van der Waals surface area contributed by atoms with Crippen LogP contribution in [0.4, 0.5) is 11.6 Å². The summed E-state index contributed by atoms with van der Waals surface area (Å²) in [5.41, 5.74) is 3.93. The first-order valence-electron chi connectivity index (χ1n) is 10.1. The second-order valence-corrected chi connectivity index (χ2v) is 7.76. The van der Waals surface area contributed by atoms with Crippen LogP contribution in [0.25, 0.3) is 23.3 Å². The predicted octanol–water partition coefficient (Wildman–Crippen LogP) is 2.57. The quantitative estimate of drug-likeness (QED) is 0.637. The fraction of sp³-hybridized carbons (Fsp3) is 0.292. The van der Waals surface area contributed by atoms with Crippen LogP contribution in [-0.2, 0) is 13.5 Å². The zero-order valence-electron chi connectivity index (χ0n) is 18.6. The lowest BCUT2D eigenvalue weighted by atomic mass is 10.00. The van der Waals surface area contributed by atoms with Gasteiger partial charge in [-0.25, -0.2) is 0 Å². The van der Waals surface area contributed by atoms with Crippen LogP contribution in [-0.4, -0.2) is 25.9 Å². The standard InChI is InChI=1S/C24H28N4O3/c1-7-17-12-20(23(30)28(6)21(17)10-14(2)3)19-13-18(9-8-15(19)4)25-24-26-22(31-27-24)11-16(5)29/h7-10,12-13,16,29H,2,11H2,1,3-6H3,(H,25,27)/b17-7-,21-10+. The highest BCUT2D eigenvalue weighted by atomic mass is 16.5. The summed E-state index contributed by atoms with van der Waals surface area (Å²) < 4.78 is 6.80. The minimum absolute atomic E-state index is 0.0860. The van der Waals surface area contributed by atoms with Crippen molar-refractivity contribution in [1.29, 1.82) is 0 Å². The molecular weight excluding hydrogens is 392 g/mol. The highest BCUT2D eigenvalue weighted by molar-refractivity contribution is 5.72. The molecule has 1 unspecified atom stereocenters. The molecule has 0 amide bonds. The van der Waals surface area contributed by atoms with Gasteiger partial charge in [-0.2, -0.15) is 4.98 Å². The molecule has 7 nitrogen and oxygen atoms in total. The van der Waals surface area contributed by atoms with E-state index in [4.69, 9.17) is 4.52 Å². The Morgan fingerprint density at radius 1 is 1.35 bits per heavy atom. The van der Waals surface area contributed by atoms with Gasteiger partial charge < -0.3 is 19.5 Å². The molecule has 3 aromatic rings. The smallest absolute Gasteiger partial charge is 0.267 e. The highest BCUT2D eigenvalue weighted by Crippen LogP contribution is 2.25. The average molecular weight is 421 g/mol. The van der Waals surface area contributed by atoms with E-state index in [2.05, 4.69) is 22.0 Å². The van der Waals surface area contributed by atoms with E-state index in [1.807, 2.05) is 57.2 Å². The highest BCUT2D eigenvalue weighted by Gasteiger charge is 2.13. The Morgan fingerprint density at radius 2 is 2.10 bits per heavy atom. The number of aliphatic hydroxyl groups excluding tert-OH is 1. The van der Waals surface area contributed by atoms with Gasteiger partial charge in [0.2, 0.25) is 5.89 Å². The van der Waals surface area contributed by atoms with Crippen LogP contribution in [0.3, 0.4) is 0 Å². The van der Waals surface area contributed by atoms with Crippen LogP contribution < -0.4 is 21.4 Å². The van der Waals surface area contributed by atoms with Gasteiger partial charge >= 0.3 is 0 Å². The summed E-state index contributed by atoms with van der Waals surface area (Å²) in [6, 6.07) is 7.65. The minimum Gasteiger partial charge on any atom is -0.393 e. The number of nitrogens with one attached hydrogen (secondary N) is 1. The summed E-state index contributed by atoms with van der Waals surface area (Å²) >= 11 is 0. The molecule has 0 bridgehead atoms. The molecule has 0 aliphatic heterocycles. The monoisotopic (exact) mass is 420 g/mol. The molecule has 2 aromatic heterocycles. The first-order valence-corrected chi connectivity index (χ1v) is 10.1. The third kappa shape index (κ3) is 5.00. The Bertz CT molecular complexity index is 1300. The lowest BCUT2D eigenvalue weighted by Crippen LogP contribution is -2.42. The van der Waals surface area contributed by atoms with Crippen LogP contribution in [0.5, 0.6) is 0 Å². The number of allylic oxidation sites excluding steroid dienone is 1. The van der Waals surface area contributed by atoms with Crippen molar-refractivity contribution >= 4 is 23.8 Å². The fourth-order valence-corrected chi connectivity index (χ4v) is 3.37. The fourth-order valence-electron chi connectivity index (χ4n) is 3.37. The van der Waals surface area contributed by atoms with Gasteiger partial charge in [-0.05, 0) is 73.5 Å². The molecular formula is C24H28N4O3. The van der Waals surface area contributed by atoms with E-state index in [9.17, 15) is 9.90 Å². The molecule has 162 valence electrons. The number of hydrogen-bond donors (Lipinski definition) is 2. The number of pyridine rings is 1. The van der Waals surface area contributed by atoms with Gasteiger partial charge in [0.1, 0.15) is 0 Å². The van der Waals surface area contributed by atoms with E-state index in [0.29, 0.717) is 17.4 Å². The van der Waals surface area contributed by atoms with E-state index < -0.39 is 6.10 Å². The first kappa shape index (κ1) is 22.2. The average Bonchev–Trinajstić information content (AvgIpc) is 3.13. The van der Waals surface area contributed by atoms with Crippen LogP contribution in [0.1, 0.15) is 32.2 Å². The zero-order chi connectivity index (χ0) is 22.7. The van der Waals surface area contributed by atoms with E-state index in [1.165, 1.54) is 0 Å². The van der Waals surface area contributed by atoms with E-state index in [-0.39, 0.29) is 12.0 Å². The summed E-state index contributed by atoms with van der Waals surface area (Å²) in [6.07, 6.45) is 3.61. The van der Waals surface area contributed by atoms with Gasteiger partial charge in [-0.15, -0.1) is 0 Å².